The van der Waals surface area contributed by atoms with E-state index < -0.39 is 0 Å². The van der Waals surface area contributed by atoms with E-state index in [1.165, 1.54) is 22.0 Å². The van der Waals surface area contributed by atoms with Gasteiger partial charge in [-0.2, -0.15) is 4.98 Å². The Hall–Kier alpha value is -2.55. The van der Waals surface area contributed by atoms with Crippen LogP contribution in [0.2, 0.25) is 0 Å². The molecule has 170 valence electrons. The van der Waals surface area contributed by atoms with Crippen molar-refractivity contribution in [3.05, 3.63) is 52.3 Å². The van der Waals surface area contributed by atoms with Gasteiger partial charge in [-0.1, -0.05) is 24.2 Å². The summed E-state index contributed by atoms with van der Waals surface area (Å²) < 4.78 is 15.1. The number of pyridine rings is 1. The van der Waals surface area contributed by atoms with Gasteiger partial charge in [0, 0.05) is 54.5 Å². The monoisotopic (exact) mass is 507 g/mol. The van der Waals surface area contributed by atoms with E-state index >= 15 is 0 Å². The second-order valence-electron chi connectivity index (χ2n) is 9.46. The first-order valence-electron chi connectivity index (χ1n) is 11.2. The fourth-order valence-electron chi connectivity index (χ4n) is 6.21. The van der Waals surface area contributed by atoms with Gasteiger partial charge in [0.25, 0.3) is 5.89 Å². The predicted molar refractivity (Wildman–Crippen MR) is 130 cm³/mol. The van der Waals surface area contributed by atoms with Crippen LogP contribution in [0, 0.1) is 5.92 Å². The van der Waals surface area contributed by atoms with E-state index in [1.807, 2.05) is 13.2 Å². The Morgan fingerprint density at radius 2 is 2.09 bits per heavy atom. The van der Waals surface area contributed by atoms with Crippen molar-refractivity contribution in [2.45, 2.75) is 31.4 Å². The molecule has 1 aromatic carbocycles. The molecule has 0 radical (unpaired) electrons. The molecule has 2 aliphatic rings. The molecule has 1 aliphatic heterocycles. The highest BCUT2D eigenvalue weighted by atomic mass is 79.9. The minimum atomic E-state index is -0.318. The maximum Gasteiger partial charge on any atom is 0.259 e. The lowest BCUT2D eigenvalue weighted by molar-refractivity contribution is -0.122. The number of hydrogen-bond acceptors (Lipinski definition) is 6. The number of likely N-dealkylation sites (tertiary alicyclic amines) is 1. The van der Waals surface area contributed by atoms with E-state index in [9.17, 15) is 0 Å². The van der Waals surface area contributed by atoms with Crippen LogP contribution in [-0.2, 0) is 23.8 Å². The Kier molecular flexibility index (Phi) is 4.76. The van der Waals surface area contributed by atoms with Crippen molar-refractivity contribution in [3.8, 4) is 23.0 Å². The highest BCUT2D eigenvalue weighted by Gasteiger charge is 2.51. The highest BCUT2D eigenvalue weighted by molar-refractivity contribution is 9.10. The molecule has 6 rings (SSSR count). The molecule has 8 heteroatoms. The molecule has 3 atom stereocenters. The molecule has 7 nitrogen and oxygen atoms in total. The summed E-state index contributed by atoms with van der Waals surface area (Å²) in [6, 6.07) is 8.73. The molecule has 1 saturated heterocycles. The first-order chi connectivity index (χ1) is 15.9. The second kappa shape index (κ2) is 7.48. The van der Waals surface area contributed by atoms with Gasteiger partial charge in [0.15, 0.2) is 0 Å². The molecule has 0 saturated carbocycles. The number of ether oxygens (including phenoxy) is 1. The number of halogens is 1. The Labute approximate surface area is 200 Å². The number of likely N-dealkylation sites (N-methyl/N-ethyl adjacent to an activating group) is 1. The highest BCUT2D eigenvalue weighted by Crippen LogP contribution is 2.51. The minimum absolute atomic E-state index is 0.249. The topological polar surface area (TPSA) is 69.2 Å². The fourth-order valence-corrected chi connectivity index (χ4v) is 6.57. The number of aromatic nitrogens is 4. The third-order valence-electron chi connectivity index (χ3n) is 7.46. The van der Waals surface area contributed by atoms with Crippen molar-refractivity contribution in [1.82, 2.24) is 24.6 Å². The van der Waals surface area contributed by atoms with Crippen LogP contribution in [0.1, 0.15) is 24.5 Å². The molecule has 0 amide bonds. The summed E-state index contributed by atoms with van der Waals surface area (Å²) in [5.74, 6) is 1.62. The average Bonchev–Trinajstić information content (AvgIpc) is 3.39. The molecule has 4 heterocycles. The lowest BCUT2D eigenvalue weighted by Crippen LogP contribution is -2.59. The molecule has 33 heavy (non-hydrogen) atoms. The Bertz CT molecular complexity index is 1380. The molecular weight excluding hydrogens is 482 g/mol. The largest absolute Gasteiger partial charge is 0.372 e. The fraction of sp³-hybridized carbons (Fsp3) is 0.400. The second-order valence-corrected chi connectivity index (χ2v) is 10.4. The molecule has 0 spiro atoms. The number of hydrogen-bond donors (Lipinski definition) is 0. The summed E-state index contributed by atoms with van der Waals surface area (Å²) in [6.07, 6.45) is 5.36. The van der Waals surface area contributed by atoms with Crippen molar-refractivity contribution < 1.29 is 9.26 Å². The van der Waals surface area contributed by atoms with Crippen LogP contribution in [0.4, 0.5) is 0 Å². The number of aryl methyl sites for hydroxylation is 1. The van der Waals surface area contributed by atoms with Crippen LogP contribution < -0.4 is 0 Å². The quantitative estimate of drug-likeness (QED) is 0.397. The SMILES string of the molecule is CO[C@]12C[C@@H](C)CN(C)[C@@H]1Cc1c(-c3noc(-c4cncc(Br)c4)n3)n(C)c3cccc2c13. The standard InChI is InChI=1S/C25H26BrN5O2/c1-14-10-25(32-4)18-6-5-7-19-21(18)17(9-20(25)30(2)13-14)22(31(19)3)23-28-24(33-29-23)15-8-16(26)12-27-11-15/h5-8,11-12,14,20H,9-10,13H2,1-4H3/t14-,20-,25+/m1/s1. The summed E-state index contributed by atoms with van der Waals surface area (Å²) in [7, 11) is 6.17. The molecule has 1 aliphatic carbocycles. The first-order valence-corrected chi connectivity index (χ1v) is 12.0. The van der Waals surface area contributed by atoms with Crippen LogP contribution in [0.15, 0.2) is 45.7 Å². The van der Waals surface area contributed by atoms with Crippen LogP contribution in [0.3, 0.4) is 0 Å². The normalized spacial score (nSPS) is 24.9. The maximum absolute atomic E-state index is 6.39. The van der Waals surface area contributed by atoms with E-state index in [0.29, 0.717) is 17.6 Å². The van der Waals surface area contributed by atoms with Crippen molar-refractivity contribution in [3.63, 3.8) is 0 Å². The van der Waals surface area contributed by atoms with E-state index in [2.05, 4.69) is 74.8 Å². The van der Waals surface area contributed by atoms with Gasteiger partial charge in [-0.15, -0.1) is 0 Å². The zero-order valence-electron chi connectivity index (χ0n) is 19.2. The lowest BCUT2D eigenvalue weighted by Gasteiger charge is -2.52. The van der Waals surface area contributed by atoms with Gasteiger partial charge in [0.05, 0.1) is 11.3 Å². The zero-order valence-corrected chi connectivity index (χ0v) is 20.8. The summed E-state index contributed by atoms with van der Waals surface area (Å²) in [5, 5.41) is 5.66. The molecule has 4 aromatic rings. The molecule has 0 N–H and O–H groups in total. The van der Waals surface area contributed by atoms with Gasteiger partial charge in [-0.25, -0.2) is 0 Å². The number of rotatable bonds is 3. The smallest absolute Gasteiger partial charge is 0.259 e. The van der Waals surface area contributed by atoms with Crippen molar-refractivity contribution in [1.29, 1.82) is 0 Å². The maximum atomic E-state index is 6.39. The van der Waals surface area contributed by atoms with Crippen molar-refractivity contribution in [2.75, 3.05) is 20.7 Å². The zero-order chi connectivity index (χ0) is 22.9. The summed E-state index contributed by atoms with van der Waals surface area (Å²) >= 11 is 3.47. The van der Waals surface area contributed by atoms with Gasteiger partial charge in [-0.05, 0) is 65.0 Å². The van der Waals surface area contributed by atoms with E-state index in [1.54, 1.807) is 12.4 Å². The molecule has 1 fully saturated rings. The Morgan fingerprint density at radius 3 is 2.88 bits per heavy atom. The predicted octanol–water partition coefficient (Wildman–Crippen LogP) is 4.79. The Morgan fingerprint density at radius 1 is 1.24 bits per heavy atom. The minimum Gasteiger partial charge on any atom is -0.372 e. The third kappa shape index (κ3) is 2.97. The first kappa shape index (κ1) is 21.0. The van der Waals surface area contributed by atoms with E-state index in [4.69, 9.17) is 14.2 Å². The molecular formula is C25H26BrN5O2. The number of fused-ring (bicyclic) bond motifs is 2. The van der Waals surface area contributed by atoms with Gasteiger partial charge >= 0.3 is 0 Å². The number of nitrogens with zero attached hydrogens (tertiary/aromatic N) is 5. The molecule has 3 aromatic heterocycles. The summed E-state index contributed by atoms with van der Waals surface area (Å²) in [5.41, 5.74) is 5.18. The van der Waals surface area contributed by atoms with Crippen molar-refractivity contribution >= 4 is 26.8 Å². The molecule has 0 bridgehead atoms. The summed E-state index contributed by atoms with van der Waals surface area (Å²) in [6.45, 7) is 3.38. The van der Waals surface area contributed by atoms with E-state index in [-0.39, 0.29) is 11.6 Å². The lowest BCUT2D eigenvalue weighted by atomic mass is 9.68. The van der Waals surface area contributed by atoms with Gasteiger partial charge in [0.2, 0.25) is 5.82 Å². The number of piperidine rings is 1. The summed E-state index contributed by atoms with van der Waals surface area (Å²) in [4.78, 5) is 11.5. The average molecular weight is 508 g/mol. The van der Waals surface area contributed by atoms with Gasteiger partial charge in [0.1, 0.15) is 5.60 Å². The van der Waals surface area contributed by atoms with Crippen molar-refractivity contribution in [2.24, 2.45) is 13.0 Å². The van der Waals surface area contributed by atoms with Crippen LogP contribution in [-0.4, -0.2) is 51.3 Å². The number of benzene rings is 1. The Balaban J connectivity index is 1.57. The van der Waals surface area contributed by atoms with Gasteiger partial charge < -0.3 is 13.8 Å². The van der Waals surface area contributed by atoms with E-state index in [0.717, 1.165) is 35.1 Å². The third-order valence-corrected chi connectivity index (χ3v) is 7.89. The van der Waals surface area contributed by atoms with Crippen LogP contribution in [0.25, 0.3) is 33.9 Å². The number of methoxy groups -OCH3 is 1. The van der Waals surface area contributed by atoms with Crippen LogP contribution in [0.5, 0.6) is 0 Å². The van der Waals surface area contributed by atoms with Crippen LogP contribution >= 0.6 is 15.9 Å². The molecule has 0 unspecified atom stereocenters. The van der Waals surface area contributed by atoms with Gasteiger partial charge in [-0.3, -0.25) is 9.88 Å².